The minimum absolute atomic E-state index is 0.0971. The fourth-order valence-electron chi connectivity index (χ4n) is 2.22. The maximum Gasteiger partial charge on any atom is 0.228 e. The highest BCUT2D eigenvalue weighted by molar-refractivity contribution is 7.83. The molecule has 3 nitrogen and oxygen atoms in total. The summed E-state index contributed by atoms with van der Waals surface area (Å²) in [4.78, 5) is 12.2. The fourth-order valence-corrected chi connectivity index (χ4v) is 3.18. The topological polar surface area (TPSA) is 46.2 Å². The average Bonchev–Trinajstić information content (AvgIpc) is 2.42. The molecule has 0 aromatic heterocycles. The second-order valence-corrected chi connectivity index (χ2v) is 7.03. The molecule has 0 heterocycles. The first-order valence-corrected chi connectivity index (χ1v) is 8.99. The van der Waals surface area contributed by atoms with Crippen LogP contribution in [0.4, 0.5) is 5.69 Å². The van der Waals surface area contributed by atoms with Gasteiger partial charge in [-0.1, -0.05) is 35.9 Å². The smallest absolute Gasteiger partial charge is 0.228 e. The second kappa shape index (κ2) is 7.56. The quantitative estimate of drug-likeness (QED) is 0.905. The summed E-state index contributed by atoms with van der Waals surface area (Å²) in [6.45, 7) is 1.93. The van der Waals surface area contributed by atoms with Crippen LogP contribution in [0.3, 0.4) is 0 Å². The molecule has 116 valence electrons. The number of benzene rings is 2. The Morgan fingerprint density at radius 2 is 1.95 bits per heavy atom. The van der Waals surface area contributed by atoms with Crippen molar-refractivity contribution in [2.45, 2.75) is 19.1 Å². The van der Waals surface area contributed by atoms with Crippen LogP contribution in [0.5, 0.6) is 0 Å². The average molecular weight is 336 g/mol. The Bertz CT molecular complexity index is 716. The summed E-state index contributed by atoms with van der Waals surface area (Å²) >= 11 is 5.92. The van der Waals surface area contributed by atoms with Gasteiger partial charge in [-0.05, 0) is 41.8 Å². The molecule has 5 heteroatoms. The van der Waals surface area contributed by atoms with Gasteiger partial charge in [-0.3, -0.25) is 9.00 Å². The summed E-state index contributed by atoms with van der Waals surface area (Å²) in [5.74, 6) is 0.393. The SMILES string of the molecule is Cc1c(C[S@@](C)=O)cccc1NC(=O)Cc1cccc(Cl)c1. The lowest BCUT2D eigenvalue weighted by molar-refractivity contribution is -0.115. The predicted octanol–water partition coefficient (Wildman–Crippen LogP) is 3.71. The van der Waals surface area contributed by atoms with Gasteiger partial charge in [-0.15, -0.1) is 0 Å². The second-order valence-electron chi connectivity index (χ2n) is 5.16. The Kier molecular flexibility index (Phi) is 5.75. The van der Waals surface area contributed by atoms with E-state index >= 15 is 0 Å². The van der Waals surface area contributed by atoms with E-state index in [9.17, 15) is 9.00 Å². The summed E-state index contributed by atoms with van der Waals surface area (Å²) < 4.78 is 11.4. The molecule has 2 rings (SSSR count). The van der Waals surface area contributed by atoms with E-state index in [1.165, 1.54) is 0 Å². The van der Waals surface area contributed by atoms with Crippen LogP contribution in [-0.2, 0) is 27.8 Å². The third-order valence-corrected chi connectivity index (χ3v) is 4.29. The highest BCUT2D eigenvalue weighted by atomic mass is 35.5. The van der Waals surface area contributed by atoms with Crippen LogP contribution >= 0.6 is 11.6 Å². The number of hydrogen-bond donors (Lipinski definition) is 1. The van der Waals surface area contributed by atoms with Crippen molar-refractivity contribution in [3.8, 4) is 0 Å². The van der Waals surface area contributed by atoms with E-state index in [2.05, 4.69) is 5.32 Å². The molecular formula is C17H18ClNO2S. The number of amides is 1. The van der Waals surface area contributed by atoms with Crippen molar-refractivity contribution in [3.05, 3.63) is 64.2 Å². The molecule has 2 aromatic rings. The summed E-state index contributed by atoms with van der Waals surface area (Å²) in [6.07, 6.45) is 1.94. The highest BCUT2D eigenvalue weighted by Crippen LogP contribution is 2.20. The fraction of sp³-hybridized carbons (Fsp3) is 0.235. The first-order chi connectivity index (χ1) is 10.5. The Morgan fingerprint density at radius 3 is 2.64 bits per heavy atom. The number of nitrogens with one attached hydrogen (secondary N) is 1. The van der Waals surface area contributed by atoms with Crippen LogP contribution in [0, 0.1) is 6.92 Å². The van der Waals surface area contributed by atoms with Crippen LogP contribution in [0.25, 0.3) is 0 Å². The number of halogens is 1. The van der Waals surface area contributed by atoms with Gasteiger partial charge in [0.05, 0.1) is 6.42 Å². The third kappa shape index (κ3) is 4.68. The standard InChI is InChI=1S/C17H18ClNO2S/c1-12-14(11-22(2)21)6-4-8-16(12)19-17(20)10-13-5-3-7-15(18)9-13/h3-9H,10-11H2,1-2H3,(H,19,20)/t22-/m1/s1. The molecule has 0 bridgehead atoms. The van der Waals surface area contributed by atoms with Crippen molar-refractivity contribution in [3.63, 3.8) is 0 Å². The molecule has 0 aliphatic heterocycles. The number of anilines is 1. The first-order valence-electron chi connectivity index (χ1n) is 6.88. The van der Waals surface area contributed by atoms with E-state index in [0.717, 1.165) is 22.4 Å². The van der Waals surface area contributed by atoms with Gasteiger partial charge < -0.3 is 5.32 Å². The first kappa shape index (κ1) is 16.7. The van der Waals surface area contributed by atoms with Gasteiger partial charge in [0.1, 0.15) is 0 Å². The molecule has 22 heavy (non-hydrogen) atoms. The summed E-state index contributed by atoms with van der Waals surface area (Å²) in [5.41, 5.74) is 3.57. The monoisotopic (exact) mass is 335 g/mol. The molecule has 1 N–H and O–H groups in total. The van der Waals surface area contributed by atoms with Crippen LogP contribution in [0.2, 0.25) is 5.02 Å². The largest absolute Gasteiger partial charge is 0.326 e. The number of carbonyl (C=O) groups is 1. The molecular weight excluding hydrogens is 318 g/mol. The molecule has 1 amide bonds. The Morgan fingerprint density at radius 1 is 1.23 bits per heavy atom. The van der Waals surface area contributed by atoms with E-state index in [-0.39, 0.29) is 12.3 Å². The molecule has 0 saturated carbocycles. The van der Waals surface area contributed by atoms with Gasteiger partial charge in [0, 0.05) is 33.5 Å². The van der Waals surface area contributed by atoms with Crippen molar-refractivity contribution in [2.75, 3.05) is 11.6 Å². The summed E-state index contributed by atoms with van der Waals surface area (Å²) in [5, 5.41) is 3.53. The van der Waals surface area contributed by atoms with Crippen molar-refractivity contribution in [2.24, 2.45) is 0 Å². The molecule has 0 aliphatic rings. The minimum Gasteiger partial charge on any atom is -0.326 e. The van der Waals surface area contributed by atoms with Crippen LogP contribution in [0.1, 0.15) is 16.7 Å². The molecule has 1 atom stereocenters. The molecule has 0 radical (unpaired) electrons. The highest BCUT2D eigenvalue weighted by Gasteiger charge is 2.09. The number of rotatable bonds is 5. The minimum atomic E-state index is -0.909. The number of carbonyl (C=O) groups excluding carboxylic acids is 1. The normalized spacial score (nSPS) is 12.0. The molecule has 0 aliphatic carbocycles. The Hall–Kier alpha value is -1.65. The molecule has 0 spiro atoms. The van der Waals surface area contributed by atoms with Gasteiger partial charge in [0.25, 0.3) is 0 Å². The predicted molar refractivity (Wildman–Crippen MR) is 92.7 cm³/mol. The van der Waals surface area contributed by atoms with Gasteiger partial charge in [0.15, 0.2) is 0 Å². The van der Waals surface area contributed by atoms with Gasteiger partial charge in [-0.25, -0.2) is 0 Å². The van der Waals surface area contributed by atoms with Crippen molar-refractivity contribution >= 4 is 34.0 Å². The van der Waals surface area contributed by atoms with E-state index in [1.54, 1.807) is 18.4 Å². The molecule has 0 saturated heterocycles. The lowest BCUT2D eigenvalue weighted by atomic mass is 10.1. The number of hydrogen-bond acceptors (Lipinski definition) is 2. The van der Waals surface area contributed by atoms with Gasteiger partial charge >= 0.3 is 0 Å². The summed E-state index contributed by atoms with van der Waals surface area (Å²) in [7, 11) is -0.909. The van der Waals surface area contributed by atoms with Crippen LogP contribution < -0.4 is 5.32 Å². The maximum absolute atomic E-state index is 12.2. The molecule has 2 aromatic carbocycles. The maximum atomic E-state index is 12.2. The van der Waals surface area contributed by atoms with Gasteiger partial charge in [-0.2, -0.15) is 0 Å². The Labute approximate surface area is 138 Å². The lowest BCUT2D eigenvalue weighted by Crippen LogP contribution is -2.15. The van der Waals surface area contributed by atoms with Crippen molar-refractivity contribution in [1.29, 1.82) is 0 Å². The zero-order chi connectivity index (χ0) is 16.1. The molecule has 0 unspecified atom stereocenters. The molecule has 0 fully saturated rings. The zero-order valence-electron chi connectivity index (χ0n) is 12.6. The van der Waals surface area contributed by atoms with Crippen molar-refractivity contribution in [1.82, 2.24) is 0 Å². The van der Waals surface area contributed by atoms with E-state index < -0.39 is 10.8 Å². The Balaban J connectivity index is 2.10. The van der Waals surface area contributed by atoms with Gasteiger partial charge in [0.2, 0.25) is 5.91 Å². The van der Waals surface area contributed by atoms with Crippen LogP contribution in [0.15, 0.2) is 42.5 Å². The summed E-state index contributed by atoms with van der Waals surface area (Å²) in [6, 6.07) is 12.9. The van der Waals surface area contributed by atoms with E-state index in [1.807, 2.05) is 37.3 Å². The van der Waals surface area contributed by atoms with E-state index in [4.69, 9.17) is 11.6 Å². The van der Waals surface area contributed by atoms with E-state index in [0.29, 0.717) is 10.8 Å². The van der Waals surface area contributed by atoms with Crippen LogP contribution in [-0.4, -0.2) is 16.4 Å². The lowest BCUT2D eigenvalue weighted by Gasteiger charge is -2.12. The zero-order valence-corrected chi connectivity index (χ0v) is 14.1. The third-order valence-electron chi connectivity index (χ3n) is 3.33. The van der Waals surface area contributed by atoms with Crippen molar-refractivity contribution < 1.29 is 9.00 Å².